The summed E-state index contributed by atoms with van der Waals surface area (Å²) in [6, 6.07) is 8.16. The molecule has 0 aliphatic heterocycles. The van der Waals surface area contributed by atoms with Gasteiger partial charge in [-0.2, -0.15) is 0 Å². The van der Waals surface area contributed by atoms with E-state index in [2.05, 4.69) is 67.9 Å². The Morgan fingerprint density at radius 3 is 2.00 bits per heavy atom. The number of carbonyl (C=O) groups is 2. The molecule has 1 rings (SSSR count). The molecule has 5 nitrogen and oxygen atoms in total. The number of amides is 3. The molecule has 0 aliphatic rings. The standard InChI is InChI=1S/C20H33N3O2/c1-7-15(6)22-20(25)23-18(24)12-21-19(14(4)5)17-10-8-16(9-11-17)13(2)3/h8-11,13-15,19,21H,7,12H2,1-6H3,(H2,22,23,24,25)/t15-,19+/m1/s1. The summed E-state index contributed by atoms with van der Waals surface area (Å²) in [6.45, 7) is 12.5. The molecule has 0 spiro atoms. The molecule has 0 saturated carbocycles. The quantitative estimate of drug-likeness (QED) is 0.671. The second kappa shape index (κ2) is 10.2. The molecule has 1 aromatic rings. The highest BCUT2D eigenvalue weighted by atomic mass is 16.2. The predicted molar refractivity (Wildman–Crippen MR) is 103 cm³/mol. The summed E-state index contributed by atoms with van der Waals surface area (Å²) in [5.41, 5.74) is 2.45. The van der Waals surface area contributed by atoms with E-state index in [4.69, 9.17) is 0 Å². The zero-order chi connectivity index (χ0) is 19.0. The van der Waals surface area contributed by atoms with Crippen LogP contribution in [-0.2, 0) is 4.79 Å². The molecule has 0 fully saturated rings. The van der Waals surface area contributed by atoms with Gasteiger partial charge in [0, 0.05) is 12.1 Å². The Balaban J connectivity index is 2.61. The summed E-state index contributed by atoms with van der Waals surface area (Å²) < 4.78 is 0. The van der Waals surface area contributed by atoms with Crippen LogP contribution in [0.25, 0.3) is 0 Å². The first-order valence-electron chi connectivity index (χ1n) is 9.18. The van der Waals surface area contributed by atoms with Crippen LogP contribution in [0.4, 0.5) is 4.79 Å². The Bertz CT molecular complexity index is 553. The number of carbonyl (C=O) groups excluding carboxylic acids is 2. The van der Waals surface area contributed by atoms with Crippen molar-refractivity contribution in [2.24, 2.45) is 5.92 Å². The van der Waals surface area contributed by atoms with Gasteiger partial charge in [-0.1, -0.05) is 58.9 Å². The zero-order valence-corrected chi connectivity index (χ0v) is 16.3. The first kappa shape index (κ1) is 21.2. The van der Waals surface area contributed by atoms with Gasteiger partial charge in [-0.3, -0.25) is 10.1 Å². The van der Waals surface area contributed by atoms with Crippen molar-refractivity contribution in [3.63, 3.8) is 0 Å². The lowest BCUT2D eigenvalue weighted by molar-refractivity contribution is -0.119. The third kappa shape index (κ3) is 7.26. The van der Waals surface area contributed by atoms with E-state index < -0.39 is 6.03 Å². The highest BCUT2D eigenvalue weighted by molar-refractivity contribution is 5.95. The lowest BCUT2D eigenvalue weighted by atomic mass is 9.93. The van der Waals surface area contributed by atoms with Crippen molar-refractivity contribution in [2.75, 3.05) is 6.54 Å². The number of benzene rings is 1. The van der Waals surface area contributed by atoms with E-state index in [-0.39, 0.29) is 24.5 Å². The molecule has 1 aromatic carbocycles. The van der Waals surface area contributed by atoms with Crippen LogP contribution >= 0.6 is 0 Å². The monoisotopic (exact) mass is 347 g/mol. The average molecular weight is 348 g/mol. The molecular formula is C20H33N3O2. The summed E-state index contributed by atoms with van der Waals surface area (Å²) >= 11 is 0. The molecular weight excluding hydrogens is 314 g/mol. The highest BCUT2D eigenvalue weighted by Crippen LogP contribution is 2.23. The normalized spacial score (nSPS) is 13.6. The molecule has 0 radical (unpaired) electrons. The highest BCUT2D eigenvalue weighted by Gasteiger charge is 2.18. The summed E-state index contributed by atoms with van der Waals surface area (Å²) in [5, 5.41) is 8.35. The maximum atomic E-state index is 12.0. The van der Waals surface area contributed by atoms with Crippen LogP contribution in [0.2, 0.25) is 0 Å². The molecule has 0 saturated heterocycles. The van der Waals surface area contributed by atoms with Crippen molar-refractivity contribution in [3.05, 3.63) is 35.4 Å². The fraction of sp³-hybridized carbons (Fsp3) is 0.600. The van der Waals surface area contributed by atoms with E-state index in [0.29, 0.717) is 11.8 Å². The van der Waals surface area contributed by atoms with Crippen molar-refractivity contribution in [1.82, 2.24) is 16.0 Å². The zero-order valence-electron chi connectivity index (χ0n) is 16.3. The molecule has 2 atom stereocenters. The average Bonchev–Trinajstić information content (AvgIpc) is 2.54. The number of imide groups is 1. The Kier molecular flexibility index (Phi) is 8.62. The minimum atomic E-state index is -0.441. The van der Waals surface area contributed by atoms with Gasteiger partial charge in [-0.15, -0.1) is 0 Å². The number of hydrogen-bond donors (Lipinski definition) is 3. The van der Waals surface area contributed by atoms with Crippen LogP contribution < -0.4 is 16.0 Å². The topological polar surface area (TPSA) is 70.2 Å². The van der Waals surface area contributed by atoms with Crippen molar-refractivity contribution < 1.29 is 9.59 Å². The van der Waals surface area contributed by atoms with Crippen LogP contribution in [0, 0.1) is 5.92 Å². The Morgan fingerprint density at radius 2 is 1.52 bits per heavy atom. The van der Waals surface area contributed by atoms with Crippen LogP contribution in [0.1, 0.15) is 71.0 Å². The summed E-state index contributed by atoms with van der Waals surface area (Å²) in [7, 11) is 0. The van der Waals surface area contributed by atoms with Crippen LogP contribution in [0.5, 0.6) is 0 Å². The van der Waals surface area contributed by atoms with Crippen molar-refractivity contribution >= 4 is 11.9 Å². The molecule has 3 amide bonds. The lowest BCUT2D eigenvalue weighted by Gasteiger charge is -2.23. The van der Waals surface area contributed by atoms with Gasteiger partial charge in [0.15, 0.2) is 0 Å². The molecule has 3 N–H and O–H groups in total. The van der Waals surface area contributed by atoms with E-state index in [0.717, 1.165) is 12.0 Å². The first-order valence-corrected chi connectivity index (χ1v) is 9.18. The van der Waals surface area contributed by atoms with E-state index in [1.807, 2.05) is 13.8 Å². The van der Waals surface area contributed by atoms with Crippen molar-refractivity contribution in [2.45, 2.75) is 66.0 Å². The minimum Gasteiger partial charge on any atom is -0.335 e. The largest absolute Gasteiger partial charge is 0.335 e. The predicted octanol–water partition coefficient (Wildman–Crippen LogP) is 3.72. The maximum absolute atomic E-state index is 12.0. The van der Waals surface area contributed by atoms with Gasteiger partial charge in [-0.25, -0.2) is 4.79 Å². The molecule has 5 heteroatoms. The fourth-order valence-electron chi connectivity index (χ4n) is 2.56. The van der Waals surface area contributed by atoms with Gasteiger partial charge in [0.05, 0.1) is 6.54 Å². The number of rotatable bonds is 8. The van der Waals surface area contributed by atoms with Crippen LogP contribution in [0.3, 0.4) is 0 Å². The number of hydrogen-bond acceptors (Lipinski definition) is 3. The second-order valence-corrected chi connectivity index (χ2v) is 7.25. The smallest absolute Gasteiger partial charge is 0.321 e. The van der Waals surface area contributed by atoms with Crippen molar-refractivity contribution in [1.29, 1.82) is 0 Å². The molecule has 0 unspecified atom stereocenters. The molecule has 0 aromatic heterocycles. The van der Waals surface area contributed by atoms with Gasteiger partial charge < -0.3 is 10.6 Å². The van der Waals surface area contributed by atoms with Crippen LogP contribution in [0.15, 0.2) is 24.3 Å². The maximum Gasteiger partial charge on any atom is 0.321 e. The Hall–Kier alpha value is -1.88. The third-order valence-electron chi connectivity index (χ3n) is 4.35. The molecule has 25 heavy (non-hydrogen) atoms. The number of urea groups is 1. The summed E-state index contributed by atoms with van der Waals surface area (Å²) in [4.78, 5) is 23.7. The second-order valence-electron chi connectivity index (χ2n) is 7.25. The molecule has 140 valence electrons. The SMILES string of the molecule is CC[C@@H](C)NC(=O)NC(=O)CN[C@H](c1ccc(C(C)C)cc1)C(C)C. The van der Waals surface area contributed by atoms with Gasteiger partial charge in [0.1, 0.15) is 0 Å². The molecule has 0 heterocycles. The van der Waals surface area contributed by atoms with E-state index in [1.165, 1.54) is 5.56 Å². The van der Waals surface area contributed by atoms with Gasteiger partial charge in [-0.05, 0) is 36.3 Å². The lowest BCUT2D eigenvalue weighted by Crippen LogP contribution is -2.46. The minimum absolute atomic E-state index is 0.0450. The third-order valence-corrected chi connectivity index (χ3v) is 4.35. The van der Waals surface area contributed by atoms with Gasteiger partial charge >= 0.3 is 6.03 Å². The van der Waals surface area contributed by atoms with Gasteiger partial charge in [0.25, 0.3) is 0 Å². The van der Waals surface area contributed by atoms with Crippen molar-refractivity contribution in [3.8, 4) is 0 Å². The van der Waals surface area contributed by atoms with Crippen LogP contribution in [-0.4, -0.2) is 24.5 Å². The van der Waals surface area contributed by atoms with Gasteiger partial charge in [0.2, 0.25) is 5.91 Å². The Labute approximate surface area is 152 Å². The van der Waals surface area contributed by atoms with E-state index in [9.17, 15) is 9.59 Å². The molecule has 0 bridgehead atoms. The van der Waals surface area contributed by atoms with E-state index in [1.54, 1.807) is 0 Å². The fourth-order valence-corrected chi connectivity index (χ4v) is 2.56. The first-order chi connectivity index (χ1) is 11.7. The molecule has 0 aliphatic carbocycles. The Morgan fingerprint density at radius 1 is 0.960 bits per heavy atom. The summed E-state index contributed by atoms with van der Waals surface area (Å²) in [6.07, 6.45) is 0.821. The summed E-state index contributed by atoms with van der Waals surface area (Å²) in [5.74, 6) is 0.492. The number of nitrogens with one attached hydrogen (secondary N) is 3. The van der Waals surface area contributed by atoms with E-state index >= 15 is 0 Å².